The molecule has 0 aliphatic heterocycles. The van der Waals surface area contributed by atoms with E-state index in [-0.39, 0.29) is 12.2 Å². The van der Waals surface area contributed by atoms with E-state index in [1.54, 1.807) is 6.07 Å². The average molecular weight is 289 g/mol. The number of hydrogen-bond donors (Lipinski definition) is 2. The van der Waals surface area contributed by atoms with Crippen LogP contribution in [-0.2, 0) is 16.8 Å². The number of aryl methyl sites for hydroxylation is 1. The fourth-order valence-corrected chi connectivity index (χ4v) is 2.86. The van der Waals surface area contributed by atoms with Gasteiger partial charge in [0.1, 0.15) is 11.6 Å². The van der Waals surface area contributed by atoms with E-state index in [2.05, 4.69) is 5.32 Å². The SMILES string of the molecule is O=C(O)C1(Nc2cccc(F)c2)CCc2cc(F)ccc21. The Balaban J connectivity index is 2.06. The van der Waals surface area contributed by atoms with Gasteiger partial charge < -0.3 is 10.4 Å². The van der Waals surface area contributed by atoms with E-state index in [0.29, 0.717) is 23.2 Å². The molecule has 1 aliphatic rings. The maximum Gasteiger partial charge on any atom is 0.334 e. The standard InChI is InChI=1S/C16H13F2NO2/c17-11-2-1-3-13(9-11)19-16(15(20)21)7-6-10-8-12(18)4-5-14(10)16/h1-5,8-9,19H,6-7H2,(H,20,21). The van der Waals surface area contributed by atoms with Crippen LogP contribution in [0.1, 0.15) is 17.5 Å². The monoisotopic (exact) mass is 289 g/mol. The number of fused-ring (bicyclic) bond motifs is 1. The van der Waals surface area contributed by atoms with E-state index < -0.39 is 17.3 Å². The summed E-state index contributed by atoms with van der Waals surface area (Å²) < 4.78 is 26.6. The molecule has 2 aromatic carbocycles. The van der Waals surface area contributed by atoms with Crippen LogP contribution in [0.3, 0.4) is 0 Å². The van der Waals surface area contributed by atoms with E-state index in [1.807, 2.05) is 0 Å². The number of carbonyl (C=O) groups is 1. The van der Waals surface area contributed by atoms with Gasteiger partial charge in [0.05, 0.1) is 0 Å². The smallest absolute Gasteiger partial charge is 0.334 e. The van der Waals surface area contributed by atoms with Crippen LogP contribution in [0.5, 0.6) is 0 Å². The second kappa shape index (κ2) is 4.84. The molecule has 2 aromatic rings. The zero-order valence-corrected chi connectivity index (χ0v) is 11.1. The van der Waals surface area contributed by atoms with Gasteiger partial charge in [-0.2, -0.15) is 0 Å². The highest BCUT2D eigenvalue weighted by Gasteiger charge is 2.45. The van der Waals surface area contributed by atoms with Gasteiger partial charge in [-0.1, -0.05) is 12.1 Å². The van der Waals surface area contributed by atoms with Crippen molar-refractivity contribution in [2.75, 3.05) is 5.32 Å². The Kier molecular flexibility index (Phi) is 3.12. The first-order valence-corrected chi connectivity index (χ1v) is 6.57. The van der Waals surface area contributed by atoms with Gasteiger partial charge in [-0.3, -0.25) is 0 Å². The molecule has 2 N–H and O–H groups in total. The highest BCUT2D eigenvalue weighted by atomic mass is 19.1. The van der Waals surface area contributed by atoms with Crippen LogP contribution in [0.2, 0.25) is 0 Å². The van der Waals surface area contributed by atoms with Crippen LogP contribution in [0.4, 0.5) is 14.5 Å². The Morgan fingerprint density at radius 1 is 1.14 bits per heavy atom. The summed E-state index contributed by atoms with van der Waals surface area (Å²) in [6, 6.07) is 9.73. The second-order valence-electron chi connectivity index (χ2n) is 5.15. The molecule has 0 amide bonds. The minimum absolute atomic E-state index is 0.289. The lowest BCUT2D eigenvalue weighted by atomic mass is 9.91. The molecule has 0 heterocycles. The summed E-state index contributed by atoms with van der Waals surface area (Å²) in [6.45, 7) is 0. The molecule has 21 heavy (non-hydrogen) atoms. The normalized spacial score (nSPS) is 20.1. The molecule has 5 heteroatoms. The molecular formula is C16H13F2NO2. The third kappa shape index (κ3) is 2.24. The predicted molar refractivity (Wildman–Crippen MR) is 74.1 cm³/mol. The molecule has 1 atom stereocenters. The fraction of sp³-hybridized carbons (Fsp3) is 0.188. The van der Waals surface area contributed by atoms with Gasteiger partial charge in [-0.15, -0.1) is 0 Å². The number of carboxylic acids is 1. The van der Waals surface area contributed by atoms with Crippen molar-refractivity contribution in [3.8, 4) is 0 Å². The number of benzene rings is 2. The first kappa shape index (κ1) is 13.5. The third-order valence-corrected chi connectivity index (χ3v) is 3.84. The Hall–Kier alpha value is -2.43. The Morgan fingerprint density at radius 2 is 1.90 bits per heavy atom. The van der Waals surface area contributed by atoms with Crippen LogP contribution in [0, 0.1) is 11.6 Å². The minimum Gasteiger partial charge on any atom is -0.479 e. The van der Waals surface area contributed by atoms with Crippen molar-refractivity contribution in [2.45, 2.75) is 18.4 Å². The fourth-order valence-electron chi connectivity index (χ4n) is 2.86. The summed E-state index contributed by atoms with van der Waals surface area (Å²) in [5, 5.41) is 12.6. The highest BCUT2D eigenvalue weighted by molar-refractivity contribution is 5.86. The van der Waals surface area contributed by atoms with Gasteiger partial charge in [0.25, 0.3) is 0 Å². The summed E-state index contributed by atoms with van der Waals surface area (Å²) in [7, 11) is 0. The first-order valence-electron chi connectivity index (χ1n) is 6.57. The van der Waals surface area contributed by atoms with Crippen molar-refractivity contribution < 1.29 is 18.7 Å². The molecule has 0 radical (unpaired) electrons. The third-order valence-electron chi connectivity index (χ3n) is 3.84. The van der Waals surface area contributed by atoms with E-state index in [9.17, 15) is 18.7 Å². The molecule has 0 saturated heterocycles. The van der Waals surface area contributed by atoms with Crippen LogP contribution < -0.4 is 5.32 Å². The quantitative estimate of drug-likeness (QED) is 0.911. The summed E-state index contributed by atoms with van der Waals surface area (Å²) in [6.07, 6.45) is 0.749. The van der Waals surface area contributed by atoms with Crippen molar-refractivity contribution in [1.29, 1.82) is 0 Å². The van der Waals surface area contributed by atoms with Crippen molar-refractivity contribution in [2.24, 2.45) is 0 Å². The molecule has 0 spiro atoms. The van der Waals surface area contributed by atoms with Crippen molar-refractivity contribution in [3.05, 3.63) is 65.2 Å². The van der Waals surface area contributed by atoms with E-state index >= 15 is 0 Å². The molecule has 1 unspecified atom stereocenters. The molecule has 3 rings (SSSR count). The largest absolute Gasteiger partial charge is 0.479 e. The summed E-state index contributed by atoms with van der Waals surface area (Å²) >= 11 is 0. The maximum atomic E-state index is 13.3. The topological polar surface area (TPSA) is 49.3 Å². The minimum atomic E-state index is -1.35. The number of anilines is 1. The van der Waals surface area contributed by atoms with Crippen LogP contribution in [-0.4, -0.2) is 11.1 Å². The molecule has 0 fully saturated rings. The Morgan fingerprint density at radius 3 is 2.62 bits per heavy atom. The van der Waals surface area contributed by atoms with Crippen molar-refractivity contribution in [3.63, 3.8) is 0 Å². The zero-order chi connectivity index (χ0) is 15.0. The zero-order valence-electron chi connectivity index (χ0n) is 11.1. The maximum absolute atomic E-state index is 13.3. The van der Waals surface area contributed by atoms with E-state index in [1.165, 1.54) is 36.4 Å². The summed E-state index contributed by atoms with van der Waals surface area (Å²) in [5.74, 6) is -1.89. The van der Waals surface area contributed by atoms with Gasteiger partial charge in [-0.05, 0) is 54.3 Å². The number of hydrogen-bond acceptors (Lipinski definition) is 2. The summed E-state index contributed by atoms with van der Waals surface area (Å²) in [5.41, 5.74) is 0.230. The Bertz CT molecular complexity index is 717. The van der Waals surface area contributed by atoms with Gasteiger partial charge >= 0.3 is 5.97 Å². The Labute approximate surface area is 120 Å². The van der Waals surface area contributed by atoms with Gasteiger partial charge in [0.15, 0.2) is 5.54 Å². The second-order valence-corrected chi connectivity index (χ2v) is 5.15. The molecular weight excluding hydrogens is 276 g/mol. The van der Waals surface area contributed by atoms with Gasteiger partial charge in [0, 0.05) is 5.69 Å². The number of rotatable bonds is 3. The van der Waals surface area contributed by atoms with Crippen molar-refractivity contribution in [1.82, 2.24) is 0 Å². The lowest BCUT2D eigenvalue weighted by Crippen LogP contribution is -2.41. The van der Waals surface area contributed by atoms with Crippen molar-refractivity contribution >= 4 is 11.7 Å². The molecule has 0 bridgehead atoms. The van der Waals surface area contributed by atoms with Gasteiger partial charge in [-0.25, -0.2) is 13.6 Å². The number of halogens is 2. The average Bonchev–Trinajstić information content (AvgIpc) is 2.78. The van der Waals surface area contributed by atoms with Crippen LogP contribution in [0.25, 0.3) is 0 Å². The van der Waals surface area contributed by atoms with Gasteiger partial charge in [0.2, 0.25) is 0 Å². The van der Waals surface area contributed by atoms with E-state index in [0.717, 1.165) is 0 Å². The molecule has 0 saturated carbocycles. The lowest BCUT2D eigenvalue weighted by molar-refractivity contribution is -0.142. The number of carboxylic acid groups (broad SMARTS) is 1. The number of aliphatic carboxylic acids is 1. The highest BCUT2D eigenvalue weighted by Crippen LogP contribution is 2.40. The van der Waals surface area contributed by atoms with Crippen LogP contribution >= 0.6 is 0 Å². The summed E-state index contributed by atoms with van der Waals surface area (Å²) in [4.78, 5) is 11.8. The molecule has 0 aromatic heterocycles. The van der Waals surface area contributed by atoms with Crippen LogP contribution in [0.15, 0.2) is 42.5 Å². The lowest BCUT2D eigenvalue weighted by Gasteiger charge is -2.28. The first-order chi connectivity index (χ1) is 10.0. The predicted octanol–water partition coefficient (Wildman–Crippen LogP) is 3.30. The molecule has 3 nitrogen and oxygen atoms in total. The molecule has 108 valence electrons. The van der Waals surface area contributed by atoms with E-state index in [4.69, 9.17) is 0 Å². The number of nitrogens with one attached hydrogen (secondary N) is 1. The molecule has 1 aliphatic carbocycles.